The standard InChI is InChI=1S/C11H9N3O2/c15-11(16)13-4-5-14-9(7-13)6-8-2-1-3-12-10(8)14/h1-5,7H,6H2,(H,15,16). The number of fused-ring (bicyclic) bond motifs is 3. The Bertz CT molecular complexity index is 522. The van der Waals surface area contributed by atoms with E-state index < -0.39 is 6.09 Å². The Hall–Kier alpha value is -2.30. The zero-order valence-corrected chi connectivity index (χ0v) is 8.37. The number of carbonyl (C=O) groups is 1. The zero-order chi connectivity index (χ0) is 11.1. The lowest BCUT2D eigenvalue weighted by Crippen LogP contribution is -2.26. The molecule has 2 aliphatic heterocycles. The second kappa shape index (κ2) is 3.10. The first-order valence-corrected chi connectivity index (χ1v) is 4.89. The van der Waals surface area contributed by atoms with E-state index >= 15 is 0 Å². The van der Waals surface area contributed by atoms with Crippen molar-refractivity contribution in [1.29, 1.82) is 0 Å². The van der Waals surface area contributed by atoms with Gasteiger partial charge in [-0.3, -0.25) is 4.90 Å². The van der Waals surface area contributed by atoms with Crippen molar-refractivity contribution >= 4 is 11.9 Å². The monoisotopic (exact) mass is 215 g/mol. The Kier molecular flexibility index (Phi) is 1.73. The summed E-state index contributed by atoms with van der Waals surface area (Å²) in [4.78, 5) is 18.2. The quantitative estimate of drug-likeness (QED) is 0.716. The fourth-order valence-electron chi connectivity index (χ4n) is 1.94. The summed E-state index contributed by atoms with van der Waals surface area (Å²) in [5, 5.41) is 8.87. The molecule has 3 heterocycles. The third-order valence-electron chi connectivity index (χ3n) is 2.66. The summed E-state index contributed by atoms with van der Waals surface area (Å²) in [5.41, 5.74) is 2.05. The molecule has 0 fully saturated rings. The van der Waals surface area contributed by atoms with Crippen LogP contribution in [0.5, 0.6) is 0 Å². The van der Waals surface area contributed by atoms with Crippen molar-refractivity contribution < 1.29 is 9.90 Å². The maximum atomic E-state index is 10.8. The van der Waals surface area contributed by atoms with Crippen molar-refractivity contribution in [2.45, 2.75) is 6.42 Å². The maximum absolute atomic E-state index is 10.8. The number of aromatic nitrogens is 1. The number of hydrogen-bond donors (Lipinski definition) is 1. The molecule has 2 aliphatic rings. The molecule has 1 aromatic rings. The summed E-state index contributed by atoms with van der Waals surface area (Å²) in [6.07, 6.45) is 6.32. The first kappa shape index (κ1) is 8.96. The van der Waals surface area contributed by atoms with E-state index in [2.05, 4.69) is 4.98 Å². The summed E-state index contributed by atoms with van der Waals surface area (Å²) < 4.78 is 0. The van der Waals surface area contributed by atoms with Gasteiger partial charge < -0.3 is 10.0 Å². The molecule has 1 N–H and O–H groups in total. The van der Waals surface area contributed by atoms with Crippen molar-refractivity contribution in [3.05, 3.63) is 48.2 Å². The number of nitrogens with zero attached hydrogens (tertiary/aromatic N) is 3. The van der Waals surface area contributed by atoms with Gasteiger partial charge in [0, 0.05) is 42.5 Å². The highest BCUT2D eigenvalue weighted by Gasteiger charge is 2.27. The van der Waals surface area contributed by atoms with Crippen LogP contribution in [-0.2, 0) is 6.42 Å². The summed E-state index contributed by atoms with van der Waals surface area (Å²) in [5.74, 6) is 0.884. The molecule has 0 spiro atoms. The van der Waals surface area contributed by atoms with Crippen LogP contribution in [0, 0.1) is 0 Å². The lowest BCUT2D eigenvalue weighted by Gasteiger charge is -2.22. The molecule has 3 rings (SSSR count). The van der Waals surface area contributed by atoms with Crippen LogP contribution in [0.2, 0.25) is 0 Å². The Morgan fingerprint density at radius 2 is 2.31 bits per heavy atom. The van der Waals surface area contributed by atoms with Gasteiger partial charge >= 0.3 is 6.09 Å². The van der Waals surface area contributed by atoms with E-state index in [1.54, 1.807) is 18.6 Å². The van der Waals surface area contributed by atoms with Gasteiger partial charge in [0.25, 0.3) is 0 Å². The maximum Gasteiger partial charge on any atom is 0.415 e. The molecule has 16 heavy (non-hydrogen) atoms. The highest BCUT2D eigenvalue weighted by atomic mass is 16.4. The Balaban J connectivity index is 2.02. The molecule has 1 aromatic heterocycles. The second-order valence-corrected chi connectivity index (χ2v) is 3.64. The van der Waals surface area contributed by atoms with E-state index in [-0.39, 0.29) is 0 Å². The Labute approximate surface area is 91.9 Å². The summed E-state index contributed by atoms with van der Waals surface area (Å²) in [6, 6.07) is 3.89. The van der Waals surface area contributed by atoms with Crippen molar-refractivity contribution in [3.63, 3.8) is 0 Å². The molecule has 80 valence electrons. The van der Waals surface area contributed by atoms with Crippen LogP contribution in [0.3, 0.4) is 0 Å². The normalized spacial score (nSPS) is 16.9. The lowest BCUT2D eigenvalue weighted by molar-refractivity contribution is 0.174. The minimum atomic E-state index is -0.979. The van der Waals surface area contributed by atoms with Crippen molar-refractivity contribution in [2.24, 2.45) is 0 Å². The van der Waals surface area contributed by atoms with Crippen LogP contribution >= 0.6 is 0 Å². The predicted molar refractivity (Wildman–Crippen MR) is 57.5 cm³/mol. The molecule has 0 aromatic carbocycles. The lowest BCUT2D eigenvalue weighted by atomic mass is 10.2. The summed E-state index contributed by atoms with van der Waals surface area (Å²) in [7, 11) is 0. The van der Waals surface area contributed by atoms with Crippen molar-refractivity contribution in [2.75, 3.05) is 4.90 Å². The van der Waals surface area contributed by atoms with Crippen LogP contribution in [0.25, 0.3) is 0 Å². The minimum absolute atomic E-state index is 0.720. The number of amides is 1. The summed E-state index contributed by atoms with van der Waals surface area (Å²) >= 11 is 0. The van der Waals surface area contributed by atoms with Gasteiger partial charge in [0.15, 0.2) is 0 Å². The average Bonchev–Trinajstić information content (AvgIpc) is 2.66. The van der Waals surface area contributed by atoms with Crippen molar-refractivity contribution in [3.8, 4) is 0 Å². The van der Waals surface area contributed by atoms with E-state index in [4.69, 9.17) is 5.11 Å². The van der Waals surface area contributed by atoms with Gasteiger partial charge in [-0.05, 0) is 6.07 Å². The van der Waals surface area contributed by atoms with E-state index in [1.165, 1.54) is 6.20 Å². The van der Waals surface area contributed by atoms with Gasteiger partial charge in [0.05, 0.1) is 0 Å². The van der Waals surface area contributed by atoms with Crippen LogP contribution in [0.4, 0.5) is 10.6 Å². The zero-order valence-electron chi connectivity index (χ0n) is 8.37. The molecule has 0 saturated heterocycles. The first-order valence-electron chi connectivity index (χ1n) is 4.89. The highest BCUT2D eigenvalue weighted by molar-refractivity contribution is 5.71. The number of anilines is 1. The van der Waals surface area contributed by atoms with Gasteiger partial charge in [0.1, 0.15) is 5.82 Å². The van der Waals surface area contributed by atoms with Crippen molar-refractivity contribution in [1.82, 2.24) is 9.88 Å². The largest absolute Gasteiger partial charge is 0.464 e. The van der Waals surface area contributed by atoms with E-state index in [0.29, 0.717) is 0 Å². The van der Waals surface area contributed by atoms with E-state index in [0.717, 1.165) is 28.4 Å². The number of pyridine rings is 1. The number of allylic oxidation sites excluding steroid dienone is 1. The van der Waals surface area contributed by atoms with Crippen LogP contribution in [0.1, 0.15) is 5.56 Å². The molecule has 0 atom stereocenters. The van der Waals surface area contributed by atoms with Gasteiger partial charge in [-0.2, -0.15) is 0 Å². The average molecular weight is 215 g/mol. The topological polar surface area (TPSA) is 56.7 Å². The van der Waals surface area contributed by atoms with Crippen LogP contribution in [-0.4, -0.2) is 21.1 Å². The number of rotatable bonds is 0. The fourth-order valence-corrected chi connectivity index (χ4v) is 1.94. The third kappa shape index (κ3) is 1.18. The van der Waals surface area contributed by atoms with E-state index in [1.807, 2.05) is 17.0 Å². The predicted octanol–water partition coefficient (Wildman–Crippen LogP) is 1.75. The summed E-state index contributed by atoms with van der Waals surface area (Å²) in [6.45, 7) is 0. The SMILES string of the molecule is O=C(O)N1C=CN2C(=C1)Cc1cccnc12. The van der Waals surface area contributed by atoms with E-state index in [9.17, 15) is 4.79 Å². The molecule has 0 aliphatic carbocycles. The smallest absolute Gasteiger partial charge is 0.415 e. The molecular formula is C11H9N3O2. The van der Waals surface area contributed by atoms with Gasteiger partial charge in [-0.1, -0.05) is 6.07 Å². The number of carboxylic acid groups (broad SMARTS) is 1. The molecule has 5 heteroatoms. The Morgan fingerprint density at radius 1 is 1.44 bits per heavy atom. The molecular weight excluding hydrogens is 206 g/mol. The van der Waals surface area contributed by atoms with Crippen LogP contribution in [0.15, 0.2) is 42.6 Å². The molecule has 0 unspecified atom stereocenters. The number of hydrogen-bond acceptors (Lipinski definition) is 3. The third-order valence-corrected chi connectivity index (χ3v) is 2.66. The molecule has 5 nitrogen and oxygen atoms in total. The molecule has 0 bridgehead atoms. The van der Waals surface area contributed by atoms with Gasteiger partial charge in [-0.25, -0.2) is 9.78 Å². The van der Waals surface area contributed by atoms with Gasteiger partial charge in [-0.15, -0.1) is 0 Å². The first-order chi connectivity index (χ1) is 7.75. The van der Waals surface area contributed by atoms with Crippen LogP contribution < -0.4 is 4.90 Å². The molecule has 0 radical (unpaired) electrons. The Morgan fingerprint density at radius 3 is 3.12 bits per heavy atom. The molecule has 0 saturated carbocycles. The second-order valence-electron chi connectivity index (χ2n) is 3.64. The fraction of sp³-hybridized carbons (Fsp3) is 0.0909. The van der Waals surface area contributed by atoms with Gasteiger partial charge in [0.2, 0.25) is 0 Å². The molecule has 1 amide bonds. The highest BCUT2D eigenvalue weighted by Crippen LogP contribution is 2.34. The minimum Gasteiger partial charge on any atom is -0.464 e.